The molecule has 0 aliphatic heterocycles. The number of hydrogen-bond donors (Lipinski definition) is 1. The van der Waals surface area contributed by atoms with E-state index in [0.29, 0.717) is 6.04 Å². The SMILES string of the molecule is CC[C@@H](N[C@H]1CCCc2sccc21)C(=O)OC. The van der Waals surface area contributed by atoms with Crippen LogP contribution in [-0.2, 0) is 16.0 Å². The zero-order chi connectivity index (χ0) is 12.3. The Hall–Kier alpha value is -0.870. The van der Waals surface area contributed by atoms with Crippen molar-refractivity contribution in [1.82, 2.24) is 5.32 Å². The number of carbonyl (C=O) groups excluding carboxylic acids is 1. The van der Waals surface area contributed by atoms with Gasteiger partial charge >= 0.3 is 5.97 Å². The maximum atomic E-state index is 11.6. The van der Waals surface area contributed by atoms with E-state index in [-0.39, 0.29) is 12.0 Å². The highest BCUT2D eigenvalue weighted by Crippen LogP contribution is 2.33. The molecule has 0 unspecified atom stereocenters. The molecule has 1 aromatic rings. The van der Waals surface area contributed by atoms with Crippen LogP contribution in [0.15, 0.2) is 11.4 Å². The van der Waals surface area contributed by atoms with E-state index in [4.69, 9.17) is 4.74 Å². The predicted octanol–water partition coefficient (Wildman–Crippen LogP) is 2.67. The Bertz CT molecular complexity index is 389. The van der Waals surface area contributed by atoms with Gasteiger partial charge in [-0.15, -0.1) is 11.3 Å². The summed E-state index contributed by atoms with van der Waals surface area (Å²) in [5.74, 6) is -0.158. The van der Waals surface area contributed by atoms with Crippen molar-refractivity contribution in [3.63, 3.8) is 0 Å². The number of nitrogens with one attached hydrogen (secondary N) is 1. The van der Waals surface area contributed by atoms with Gasteiger partial charge in [0.1, 0.15) is 6.04 Å². The number of aryl methyl sites for hydroxylation is 1. The van der Waals surface area contributed by atoms with E-state index in [1.54, 1.807) is 0 Å². The van der Waals surface area contributed by atoms with Crippen LogP contribution in [0.1, 0.15) is 42.7 Å². The molecule has 0 radical (unpaired) electrons. The molecule has 0 saturated carbocycles. The molecular weight excluding hydrogens is 234 g/mol. The lowest BCUT2D eigenvalue weighted by molar-refractivity contribution is -0.143. The second-order valence-electron chi connectivity index (χ2n) is 4.39. The van der Waals surface area contributed by atoms with Crippen molar-refractivity contribution < 1.29 is 9.53 Å². The molecule has 0 amide bonds. The fraction of sp³-hybridized carbons (Fsp3) is 0.615. The number of thiophene rings is 1. The summed E-state index contributed by atoms with van der Waals surface area (Å²) in [6, 6.07) is 2.31. The zero-order valence-corrected chi connectivity index (χ0v) is 11.2. The maximum Gasteiger partial charge on any atom is 0.322 e. The Morgan fingerprint density at radius 1 is 1.71 bits per heavy atom. The van der Waals surface area contributed by atoms with Crippen LogP contribution in [0.2, 0.25) is 0 Å². The minimum atomic E-state index is -0.184. The largest absolute Gasteiger partial charge is 0.468 e. The number of esters is 1. The third-order valence-electron chi connectivity index (χ3n) is 3.35. The van der Waals surface area contributed by atoms with Gasteiger partial charge in [0.05, 0.1) is 7.11 Å². The van der Waals surface area contributed by atoms with Gasteiger partial charge in [-0.1, -0.05) is 6.92 Å². The minimum absolute atomic E-state index is 0.158. The van der Waals surface area contributed by atoms with Gasteiger partial charge in [0, 0.05) is 10.9 Å². The molecule has 0 aromatic carbocycles. The van der Waals surface area contributed by atoms with Gasteiger partial charge in [-0.05, 0) is 42.7 Å². The molecule has 2 rings (SSSR count). The summed E-state index contributed by atoms with van der Waals surface area (Å²) < 4.78 is 4.82. The zero-order valence-electron chi connectivity index (χ0n) is 10.4. The summed E-state index contributed by atoms with van der Waals surface area (Å²) in [5, 5.41) is 5.57. The van der Waals surface area contributed by atoms with E-state index in [9.17, 15) is 4.79 Å². The van der Waals surface area contributed by atoms with Gasteiger partial charge in [-0.3, -0.25) is 10.1 Å². The third-order valence-corrected chi connectivity index (χ3v) is 4.34. The quantitative estimate of drug-likeness (QED) is 0.838. The van der Waals surface area contributed by atoms with Gasteiger partial charge in [-0.2, -0.15) is 0 Å². The summed E-state index contributed by atoms with van der Waals surface area (Å²) in [6.07, 6.45) is 4.25. The molecule has 1 aliphatic carbocycles. The number of methoxy groups -OCH3 is 1. The fourth-order valence-corrected chi connectivity index (χ4v) is 3.38. The van der Waals surface area contributed by atoms with Gasteiger partial charge in [0.25, 0.3) is 0 Å². The molecule has 94 valence electrons. The number of rotatable bonds is 4. The smallest absolute Gasteiger partial charge is 0.322 e. The van der Waals surface area contributed by atoms with Crippen LogP contribution in [0.5, 0.6) is 0 Å². The molecule has 1 N–H and O–H groups in total. The van der Waals surface area contributed by atoms with Crippen molar-refractivity contribution in [1.29, 1.82) is 0 Å². The molecule has 0 fully saturated rings. The van der Waals surface area contributed by atoms with Crippen LogP contribution < -0.4 is 5.32 Å². The van der Waals surface area contributed by atoms with E-state index >= 15 is 0 Å². The molecule has 1 aliphatic rings. The van der Waals surface area contributed by atoms with Crippen LogP contribution in [0.25, 0.3) is 0 Å². The van der Waals surface area contributed by atoms with Crippen molar-refractivity contribution >= 4 is 17.3 Å². The van der Waals surface area contributed by atoms with E-state index in [1.165, 1.54) is 30.4 Å². The second-order valence-corrected chi connectivity index (χ2v) is 5.40. The molecule has 1 aromatic heterocycles. The highest BCUT2D eigenvalue weighted by Gasteiger charge is 2.26. The number of carbonyl (C=O) groups is 1. The molecule has 1 heterocycles. The van der Waals surface area contributed by atoms with Crippen LogP contribution in [0, 0.1) is 0 Å². The van der Waals surface area contributed by atoms with Crippen molar-refractivity contribution in [3.8, 4) is 0 Å². The van der Waals surface area contributed by atoms with E-state index < -0.39 is 0 Å². The first-order chi connectivity index (χ1) is 8.26. The molecule has 0 spiro atoms. The van der Waals surface area contributed by atoms with Crippen LogP contribution in [0.3, 0.4) is 0 Å². The topological polar surface area (TPSA) is 38.3 Å². The second kappa shape index (κ2) is 5.65. The molecule has 2 atom stereocenters. The third kappa shape index (κ3) is 2.69. The molecule has 0 saturated heterocycles. The molecule has 4 heteroatoms. The molecule has 17 heavy (non-hydrogen) atoms. The Morgan fingerprint density at radius 2 is 2.53 bits per heavy atom. The first-order valence-electron chi connectivity index (χ1n) is 6.16. The lowest BCUT2D eigenvalue weighted by atomic mass is 9.93. The highest BCUT2D eigenvalue weighted by atomic mass is 32.1. The maximum absolute atomic E-state index is 11.6. The Kier molecular flexibility index (Phi) is 4.18. The van der Waals surface area contributed by atoms with E-state index in [2.05, 4.69) is 16.8 Å². The standard InChI is InChI=1S/C13H19NO2S/c1-3-10(13(15)16-2)14-11-5-4-6-12-9(11)7-8-17-12/h7-8,10-11,14H,3-6H2,1-2H3/t10-,11+/m1/s1. The number of fused-ring (bicyclic) bond motifs is 1. The summed E-state index contributed by atoms with van der Waals surface area (Å²) in [7, 11) is 1.45. The van der Waals surface area contributed by atoms with Crippen molar-refractivity contribution in [2.45, 2.75) is 44.7 Å². The number of ether oxygens (including phenoxy) is 1. The molecule has 3 nitrogen and oxygen atoms in total. The normalized spacial score (nSPS) is 20.7. The summed E-state index contributed by atoms with van der Waals surface area (Å²) >= 11 is 1.82. The first-order valence-corrected chi connectivity index (χ1v) is 7.04. The van der Waals surface area contributed by atoms with E-state index in [0.717, 1.165) is 12.8 Å². The first kappa shape index (κ1) is 12.6. The average Bonchev–Trinajstić information content (AvgIpc) is 2.83. The Balaban J connectivity index is 2.07. The van der Waals surface area contributed by atoms with Crippen LogP contribution in [0.4, 0.5) is 0 Å². The number of hydrogen-bond acceptors (Lipinski definition) is 4. The van der Waals surface area contributed by atoms with Crippen molar-refractivity contribution in [2.24, 2.45) is 0 Å². The summed E-state index contributed by atoms with van der Waals surface area (Å²) in [5.41, 5.74) is 1.38. The Morgan fingerprint density at radius 3 is 3.24 bits per heavy atom. The molecule has 0 bridgehead atoms. The lowest BCUT2D eigenvalue weighted by Crippen LogP contribution is -2.40. The minimum Gasteiger partial charge on any atom is -0.468 e. The highest BCUT2D eigenvalue weighted by molar-refractivity contribution is 7.10. The van der Waals surface area contributed by atoms with Crippen LogP contribution >= 0.6 is 11.3 Å². The van der Waals surface area contributed by atoms with Gasteiger partial charge in [0.2, 0.25) is 0 Å². The van der Waals surface area contributed by atoms with Crippen LogP contribution in [-0.4, -0.2) is 19.1 Å². The summed E-state index contributed by atoms with van der Waals surface area (Å²) in [4.78, 5) is 13.1. The molecular formula is C13H19NO2S. The monoisotopic (exact) mass is 253 g/mol. The lowest BCUT2D eigenvalue weighted by Gasteiger charge is -2.27. The van der Waals surface area contributed by atoms with Crippen molar-refractivity contribution in [2.75, 3.05) is 7.11 Å². The predicted molar refractivity (Wildman–Crippen MR) is 69.2 cm³/mol. The summed E-state index contributed by atoms with van der Waals surface area (Å²) in [6.45, 7) is 2.01. The van der Waals surface area contributed by atoms with Gasteiger partial charge in [0.15, 0.2) is 0 Å². The Labute approximate surface area is 106 Å². The van der Waals surface area contributed by atoms with Gasteiger partial charge < -0.3 is 4.74 Å². The fourth-order valence-electron chi connectivity index (χ4n) is 2.40. The van der Waals surface area contributed by atoms with Crippen molar-refractivity contribution in [3.05, 3.63) is 21.9 Å². The van der Waals surface area contributed by atoms with Gasteiger partial charge in [-0.25, -0.2) is 0 Å². The average molecular weight is 253 g/mol. The van der Waals surface area contributed by atoms with E-state index in [1.807, 2.05) is 18.3 Å².